The number of nitrogens with zero attached hydrogens (tertiary/aromatic N) is 2. The highest BCUT2D eigenvalue weighted by Crippen LogP contribution is 2.35. The number of allylic oxidation sites excluding steroid dienone is 1. The molecule has 0 spiro atoms. The van der Waals surface area contributed by atoms with E-state index in [0.29, 0.717) is 6.04 Å². The average Bonchev–Trinajstić information content (AvgIpc) is 2.87. The largest absolute Gasteiger partial charge is 0.324 e. The molecular formula is C21H33N2+. The third-order valence-electron chi connectivity index (χ3n) is 6.03. The lowest BCUT2D eigenvalue weighted by Gasteiger charge is -2.44. The molecule has 1 heterocycles. The van der Waals surface area contributed by atoms with Gasteiger partial charge < -0.3 is 4.48 Å². The maximum Gasteiger partial charge on any atom is 0.0914 e. The van der Waals surface area contributed by atoms with E-state index >= 15 is 0 Å². The Kier molecular flexibility index (Phi) is 5.55. The predicted octanol–water partition coefficient (Wildman–Crippen LogP) is 4.40. The van der Waals surface area contributed by atoms with E-state index in [1.807, 2.05) is 0 Å². The van der Waals surface area contributed by atoms with Gasteiger partial charge in [0.2, 0.25) is 0 Å². The van der Waals surface area contributed by atoms with Gasteiger partial charge in [0.1, 0.15) is 0 Å². The van der Waals surface area contributed by atoms with Crippen LogP contribution in [0.1, 0.15) is 50.6 Å². The summed E-state index contributed by atoms with van der Waals surface area (Å²) < 4.78 is 1.23. The van der Waals surface area contributed by atoms with Gasteiger partial charge in [-0.2, -0.15) is 0 Å². The lowest BCUT2D eigenvalue weighted by atomic mass is 9.93. The van der Waals surface area contributed by atoms with Crippen LogP contribution in [0.15, 0.2) is 42.0 Å². The van der Waals surface area contributed by atoms with Crippen molar-refractivity contribution in [2.45, 2.75) is 45.1 Å². The molecule has 0 amide bonds. The van der Waals surface area contributed by atoms with Crippen LogP contribution in [-0.2, 0) is 0 Å². The fourth-order valence-electron chi connectivity index (χ4n) is 4.12. The van der Waals surface area contributed by atoms with Gasteiger partial charge in [-0.25, -0.2) is 0 Å². The molecule has 1 aliphatic heterocycles. The van der Waals surface area contributed by atoms with Crippen LogP contribution in [0.3, 0.4) is 0 Å². The molecule has 126 valence electrons. The van der Waals surface area contributed by atoms with Gasteiger partial charge in [0.25, 0.3) is 0 Å². The van der Waals surface area contributed by atoms with Gasteiger partial charge in [0, 0.05) is 13.1 Å². The summed E-state index contributed by atoms with van der Waals surface area (Å²) in [5, 5.41) is 0. The summed E-state index contributed by atoms with van der Waals surface area (Å²) in [5.74, 6) is 0. The lowest BCUT2D eigenvalue weighted by molar-refractivity contribution is -0.912. The number of benzene rings is 1. The molecule has 2 aliphatic rings. The Morgan fingerprint density at radius 2 is 1.78 bits per heavy atom. The Labute approximate surface area is 142 Å². The van der Waals surface area contributed by atoms with E-state index in [1.54, 1.807) is 5.57 Å². The van der Waals surface area contributed by atoms with Gasteiger partial charge in [0.15, 0.2) is 0 Å². The molecule has 0 radical (unpaired) electrons. The van der Waals surface area contributed by atoms with Gasteiger partial charge in [-0.15, -0.1) is 0 Å². The fourth-order valence-corrected chi connectivity index (χ4v) is 4.12. The van der Waals surface area contributed by atoms with E-state index in [0.717, 1.165) is 0 Å². The monoisotopic (exact) mass is 313 g/mol. The molecule has 1 aromatic carbocycles. The third kappa shape index (κ3) is 4.05. The molecular weight excluding hydrogens is 280 g/mol. The Hall–Kier alpha value is -1.12. The zero-order valence-corrected chi connectivity index (χ0v) is 15.0. The van der Waals surface area contributed by atoms with Crippen molar-refractivity contribution in [2.75, 3.05) is 39.8 Å². The number of rotatable bonds is 4. The number of quaternary nitrogens is 1. The maximum absolute atomic E-state index is 2.75. The van der Waals surface area contributed by atoms with Crippen LogP contribution in [0.5, 0.6) is 0 Å². The van der Waals surface area contributed by atoms with Gasteiger partial charge in [-0.1, -0.05) is 48.4 Å². The number of piperazine rings is 1. The zero-order chi connectivity index (χ0) is 16.1. The highest BCUT2D eigenvalue weighted by Gasteiger charge is 2.32. The van der Waals surface area contributed by atoms with E-state index in [-0.39, 0.29) is 0 Å². The van der Waals surface area contributed by atoms with Crippen LogP contribution in [-0.4, -0.2) is 49.2 Å². The number of hydrogen-bond donors (Lipinski definition) is 0. The zero-order valence-electron chi connectivity index (χ0n) is 15.0. The van der Waals surface area contributed by atoms with E-state index in [1.165, 1.54) is 74.9 Å². The van der Waals surface area contributed by atoms with Crippen molar-refractivity contribution in [3.63, 3.8) is 0 Å². The second kappa shape index (κ2) is 7.63. The van der Waals surface area contributed by atoms with Crippen molar-refractivity contribution in [2.24, 2.45) is 0 Å². The van der Waals surface area contributed by atoms with Crippen molar-refractivity contribution in [1.82, 2.24) is 4.90 Å². The second-order valence-corrected chi connectivity index (χ2v) is 7.61. The first kappa shape index (κ1) is 16.7. The van der Waals surface area contributed by atoms with Crippen molar-refractivity contribution in [3.8, 4) is 0 Å². The molecule has 2 heteroatoms. The van der Waals surface area contributed by atoms with E-state index < -0.39 is 0 Å². The van der Waals surface area contributed by atoms with Gasteiger partial charge in [0.05, 0.1) is 32.7 Å². The van der Waals surface area contributed by atoms with Crippen molar-refractivity contribution < 1.29 is 4.48 Å². The second-order valence-electron chi connectivity index (χ2n) is 7.61. The van der Waals surface area contributed by atoms with Crippen LogP contribution in [0.25, 0.3) is 0 Å². The average molecular weight is 314 g/mol. The molecule has 1 fully saturated rings. The van der Waals surface area contributed by atoms with Gasteiger partial charge >= 0.3 is 0 Å². The van der Waals surface area contributed by atoms with Crippen LogP contribution in [0.2, 0.25) is 0 Å². The maximum atomic E-state index is 2.75. The summed E-state index contributed by atoms with van der Waals surface area (Å²) in [6, 6.07) is 11.7. The van der Waals surface area contributed by atoms with Gasteiger partial charge in [-0.3, -0.25) is 4.90 Å². The van der Waals surface area contributed by atoms with Crippen LogP contribution < -0.4 is 0 Å². The predicted molar refractivity (Wildman–Crippen MR) is 98.4 cm³/mol. The number of likely N-dealkylation sites (N-methyl/N-ethyl adjacent to an activating group) is 1. The molecule has 1 saturated heterocycles. The first-order chi connectivity index (χ1) is 11.2. The number of hydrogen-bond acceptors (Lipinski definition) is 1. The van der Waals surface area contributed by atoms with Crippen molar-refractivity contribution >= 4 is 0 Å². The van der Waals surface area contributed by atoms with Gasteiger partial charge in [-0.05, 0) is 38.2 Å². The Balaban J connectivity index is 1.83. The SMILES string of the molecule is CC[N+]1(C)CCN(C(C2=CCCCCC2)c2ccccc2)CC1. The van der Waals surface area contributed by atoms with Crippen molar-refractivity contribution in [1.29, 1.82) is 0 Å². The molecule has 0 bridgehead atoms. The van der Waals surface area contributed by atoms with Crippen LogP contribution in [0, 0.1) is 0 Å². The van der Waals surface area contributed by atoms with E-state index in [2.05, 4.69) is 55.3 Å². The minimum atomic E-state index is 0.514. The standard InChI is InChI=1S/C21H33N2/c1-3-23(2)17-15-22(16-18-23)21(20-13-9-6-10-14-20)19-11-7-4-5-8-12-19/h6,9-11,13-14,21H,3-5,7-8,12,15-18H2,1-2H3/q+1. The quantitative estimate of drug-likeness (QED) is 0.588. The normalized spacial score (nSPS) is 23.8. The van der Waals surface area contributed by atoms with E-state index in [9.17, 15) is 0 Å². The smallest absolute Gasteiger partial charge is 0.0914 e. The Morgan fingerprint density at radius 1 is 1.04 bits per heavy atom. The molecule has 1 aliphatic carbocycles. The molecule has 1 unspecified atom stereocenters. The summed E-state index contributed by atoms with van der Waals surface area (Å²) in [7, 11) is 2.42. The highest BCUT2D eigenvalue weighted by atomic mass is 15.4. The van der Waals surface area contributed by atoms with E-state index in [4.69, 9.17) is 0 Å². The summed E-state index contributed by atoms with van der Waals surface area (Å²) in [4.78, 5) is 2.75. The van der Waals surface area contributed by atoms with Crippen LogP contribution in [0.4, 0.5) is 0 Å². The summed E-state index contributed by atoms with van der Waals surface area (Å²) in [5.41, 5.74) is 3.18. The lowest BCUT2D eigenvalue weighted by Crippen LogP contribution is -2.57. The molecule has 0 N–H and O–H groups in total. The third-order valence-corrected chi connectivity index (χ3v) is 6.03. The molecule has 2 nitrogen and oxygen atoms in total. The molecule has 0 saturated carbocycles. The molecule has 23 heavy (non-hydrogen) atoms. The highest BCUT2D eigenvalue weighted by molar-refractivity contribution is 5.29. The summed E-state index contributed by atoms with van der Waals surface area (Å²) >= 11 is 0. The first-order valence-electron chi connectivity index (χ1n) is 9.53. The minimum absolute atomic E-state index is 0.514. The Bertz CT molecular complexity index is 512. The summed E-state index contributed by atoms with van der Waals surface area (Å²) in [6.07, 6.45) is 9.26. The molecule has 0 aromatic heterocycles. The fraction of sp³-hybridized carbons (Fsp3) is 0.619. The minimum Gasteiger partial charge on any atom is -0.324 e. The first-order valence-corrected chi connectivity index (χ1v) is 9.53. The van der Waals surface area contributed by atoms with Crippen molar-refractivity contribution in [3.05, 3.63) is 47.5 Å². The van der Waals surface area contributed by atoms with Crippen LogP contribution >= 0.6 is 0 Å². The molecule has 1 aromatic rings. The molecule has 3 rings (SSSR count). The Morgan fingerprint density at radius 3 is 2.48 bits per heavy atom. The topological polar surface area (TPSA) is 3.24 Å². The molecule has 1 atom stereocenters. The summed E-state index contributed by atoms with van der Waals surface area (Å²) in [6.45, 7) is 8.60.